The molecule has 27 heavy (non-hydrogen) atoms. The molecule has 0 fully saturated rings. The van der Waals surface area contributed by atoms with Gasteiger partial charge >= 0.3 is 0 Å². The van der Waals surface area contributed by atoms with Crippen molar-refractivity contribution in [1.82, 2.24) is 5.32 Å². The molecule has 5 heteroatoms. The van der Waals surface area contributed by atoms with E-state index in [0.717, 1.165) is 23.3 Å². The van der Waals surface area contributed by atoms with E-state index < -0.39 is 6.10 Å². The maximum Gasteiger partial charge on any atom is 0.233 e. The van der Waals surface area contributed by atoms with E-state index in [0.29, 0.717) is 12.4 Å². The Morgan fingerprint density at radius 3 is 2.63 bits per heavy atom. The van der Waals surface area contributed by atoms with Crippen molar-refractivity contribution >= 4 is 17.7 Å². The van der Waals surface area contributed by atoms with Gasteiger partial charge in [-0.2, -0.15) is 0 Å². The van der Waals surface area contributed by atoms with Crippen LogP contribution in [0.2, 0.25) is 0 Å². The maximum atomic E-state index is 13.0. The summed E-state index contributed by atoms with van der Waals surface area (Å²) in [5, 5.41) is 13.4. The third-order valence-electron chi connectivity index (χ3n) is 4.76. The van der Waals surface area contributed by atoms with E-state index in [1.54, 1.807) is 0 Å². The lowest BCUT2D eigenvalue weighted by Crippen LogP contribution is -2.40. The SMILES string of the molecule is CC(C)C(SCC(O)c1ccccc1)C(=O)NC1CCOc2ccccc21. The Morgan fingerprint density at radius 2 is 1.89 bits per heavy atom. The highest BCUT2D eigenvalue weighted by Gasteiger charge is 2.29. The van der Waals surface area contributed by atoms with Gasteiger partial charge in [-0.1, -0.05) is 62.4 Å². The number of hydrogen-bond acceptors (Lipinski definition) is 4. The molecule has 0 radical (unpaired) electrons. The highest BCUT2D eigenvalue weighted by Crippen LogP contribution is 2.33. The smallest absolute Gasteiger partial charge is 0.233 e. The first-order chi connectivity index (χ1) is 13.1. The van der Waals surface area contributed by atoms with Crippen molar-refractivity contribution in [3.05, 3.63) is 65.7 Å². The monoisotopic (exact) mass is 385 g/mol. The first-order valence-corrected chi connectivity index (χ1v) is 10.5. The summed E-state index contributed by atoms with van der Waals surface area (Å²) in [6.45, 7) is 4.70. The first-order valence-electron chi connectivity index (χ1n) is 9.43. The molecule has 1 aliphatic heterocycles. The topological polar surface area (TPSA) is 58.6 Å². The number of fused-ring (bicyclic) bond motifs is 1. The number of aliphatic hydroxyl groups is 1. The second kappa shape index (κ2) is 9.29. The van der Waals surface area contributed by atoms with Crippen LogP contribution in [-0.2, 0) is 4.79 Å². The Bertz CT molecular complexity index is 750. The highest BCUT2D eigenvalue weighted by atomic mass is 32.2. The molecule has 0 saturated carbocycles. The summed E-state index contributed by atoms with van der Waals surface area (Å²) in [5.41, 5.74) is 1.92. The van der Waals surface area contributed by atoms with E-state index in [-0.39, 0.29) is 23.1 Å². The number of carbonyl (C=O) groups excluding carboxylic acids is 1. The molecule has 1 aliphatic rings. The van der Waals surface area contributed by atoms with Crippen molar-refractivity contribution in [3.63, 3.8) is 0 Å². The number of para-hydroxylation sites is 1. The molecule has 1 heterocycles. The van der Waals surface area contributed by atoms with Crippen LogP contribution in [0.4, 0.5) is 0 Å². The molecule has 0 bridgehead atoms. The number of ether oxygens (including phenoxy) is 1. The van der Waals surface area contributed by atoms with Crippen LogP contribution in [0.1, 0.15) is 43.5 Å². The second-order valence-electron chi connectivity index (χ2n) is 7.16. The van der Waals surface area contributed by atoms with Gasteiger partial charge in [0, 0.05) is 17.7 Å². The van der Waals surface area contributed by atoms with Crippen LogP contribution in [0.25, 0.3) is 0 Å². The molecule has 0 aromatic heterocycles. The molecule has 3 unspecified atom stereocenters. The molecule has 0 spiro atoms. The second-order valence-corrected chi connectivity index (χ2v) is 8.34. The molecule has 2 aromatic carbocycles. The molecule has 2 N–H and O–H groups in total. The Balaban J connectivity index is 1.62. The van der Waals surface area contributed by atoms with Gasteiger partial charge in [0.15, 0.2) is 0 Å². The van der Waals surface area contributed by atoms with E-state index in [4.69, 9.17) is 4.74 Å². The number of amides is 1. The molecule has 4 nitrogen and oxygen atoms in total. The molecule has 0 saturated heterocycles. The molecule has 3 rings (SSSR count). The predicted molar refractivity (Wildman–Crippen MR) is 110 cm³/mol. The summed E-state index contributed by atoms with van der Waals surface area (Å²) in [6.07, 6.45) is 0.194. The quantitative estimate of drug-likeness (QED) is 0.753. The maximum absolute atomic E-state index is 13.0. The number of thioether (sulfide) groups is 1. The van der Waals surface area contributed by atoms with Crippen LogP contribution < -0.4 is 10.1 Å². The van der Waals surface area contributed by atoms with Crippen LogP contribution in [0.5, 0.6) is 5.75 Å². The lowest BCUT2D eigenvalue weighted by atomic mass is 10.00. The van der Waals surface area contributed by atoms with Gasteiger partial charge in [-0.3, -0.25) is 4.79 Å². The fraction of sp³-hybridized carbons (Fsp3) is 0.409. The Hall–Kier alpha value is -1.98. The van der Waals surface area contributed by atoms with Crippen LogP contribution in [0.15, 0.2) is 54.6 Å². The summed E-state index contributed by atoms with van der Waals surface area (Å²) < 4.78 is 5.68. The van der Waals surface area contributed by atoms with Gasteiger partial charge in [0.25, 0.3) is 0 Å². The standard InChI is InChI=1S/C22H27NO3S/c1-15(2)21(27-14-19(24)16-8-4-3-5-9-16)22(25)23-18-12-13-26-20-11-7-6-10-17(18)20/h3-11,15,18-19,21,24H,12-14H2,1-2H3,(H,23,25). The summed E-state index contributed by atoms with van der Waals surface area (Å²) in [7, 11) is 0. The van der Waals surface area contributed by atoms with Gasteiger partial charge in [0.1, 0.15) is 5.75 Å². The number of benzene rings is 2. The average molecular weight is 386 g/mol. The van der Waals surface area contributed by atoms with Crippen molar-refractivity contribution in [2.24, 2.45) is 5.92 Å². The van der Waals surface area contributed by atoms with Gasteiger partial charge in [-0.15, -0.1) is 11.8 Å². The van der Waals surface area contributed by atoms with Crippen molar-refractivity contribution in [2.75, 3.05) is 12.4 Å². The van der Waals surface area contributed by atoms with Gasteiger partial charge in [0.2, 0.25) is 5.91 Å². The van der Waals surface area contributed by atoms with E-state index >= 15 is 0 Å². The summed E-state index contributed by atoms with van der Waals surface area (Å²) >= 11 is 1.52. The Kier molecular flexibility index (Phi) is 6.80. The van der Waals surface area contributed by atoms with Crippen LogP contribution in [-0.4, -0.2) is 28.6 Å². The van der Waals surface area contributed by atoms with Crippen molar-refractivity contribution < 1.29 is 14.6 Å². The normalized spacial score (nSPS) is 18.3. The summed E-state index contributed by atoms with van der Waals surface area (Å²) in [4.78, 5) is 13.0. The fourth-order valence-electron chi connectivity index (χ4n) is 3.28. The van der Waals surface area contributed by atoms with Gasteiger partial charge in [-0.25, -0.2) is 0 Å². The minimum Gasteiger partial charge on any atom is -0.493 e. The third kappa shape index (κ3) is 5.05. The minimum atomic E-state index is -0.575. The number of nitrogens with one attached hydrogen (secondary N) is 1. The number of aliphatic hydroxyl groups excluding tert-OH is 1. The number of rotatable bonds is 7. The molecule has 1 amide bonds. The van der Waals surface area contributed by atoms with Crippen LogP contribution in [0, 0.1) is 5.92 Å². The van der Waals surface area contributed by atoms with Crippen molar-refractivity contribution in [1.29, 1.82) is 0 Å². The Morgan fingerprint density at radius 1 is 1.19 bits per heavy atom. The largest absolute Gasteiger partial charge is 0.493 e. The van der Waals surface area contributed by atoms with Crippen LogP contribution in [0.3, 0.4) is 0 Å². The molecular formula is C22H27NO3S. The Labute approximate surface area is 165 Å². The molecule has 0 aliphatic carbocycles. The van der Waals surface area contributed by atoms with Crippen molar-refractivity contribution in [3.8, 4) is 5.75 Å². The minimum absolute atomic E-state index is 0.0247. The number of carbonyl (C=O) groups is 1. The zero-order chi connectivity index (χ0) is 19.2. The fourth-order valence-corrected chi connectivity index (χ4v) is 4.47. The van der Waals surface area contributed by atoms with E-state index in [1.165, 1.54) is 11.8 Å². The van der Waals surface area contributed by atoms with Crippen LogP contribution >= 0.6 is 11.8 Å². The lowest BCUT2D eigenvalue weighted by Gasteiger charge is -2.29. The van der Waals surface area contributed by atoms with Crippen molar-refractivity contribution in [2.45, 2.75) is 37.7 Å². The zero-order valence-corrected chi connectivity index (χ0v) is 16.6. The summed E-state index contributed by atoms with van der Waals surface area (Å²) in [5.74, 6) is 1.54. The lowest BCUT2D eigenvalue weighted by molar-refractivity contribution is -0.122. The van der Waals surface area contributed by atoms with Gasteiger partial charge in [-0.05, 0) is 17.5 Å². The number of hydrogen-bond donors (Lipinski definition) is 2. The highest BCUT2D eigenvalue weighted by molar-refractivity contribution is 8.00. The molecule has 3 atom stereocenters. The van der Waals surface area contributed by atoms with E-state index in [9.17, 15) is 9.90 Å². The molecule has 2 aromatic rings. The molecule has 144 valence electrons. The predicted octanol–water partition coefficient (Wildman–Crippen LogP) is 4.12. The van der Waals surface area contributed by atoms with Gasteiger partial charge in [0.05, 0.1) is 24.0 Å². The zero-order valence-electron chi connectivity index (χ0n) is 15.8. The average Bonchev–Trinajstić information content (AvgIpc) is 2.68. The molecular weight excluding hydrogens is 358 g/mol. The van der Waals surface area contributed by atoms with E-state index in [1.807, 2.05) is 68.4 Å². The van der Waals surface area contributed by atoms with E-state index in [2.05, 4.69) is 5.32 Å². The van der Waals surface area contributed by atoms with Gasteiger partial charge < -0.3 is 15.2 Å². The third-order valence-corrected chi connectivity index (χ3v) is 6.38. The first kappa shape index (κ1) is 19.8. The summed E-state index contributed by atoms with van der Waals surface area (Å²) in [6, 6.07) is 17.4.